The number of nitrogens with one attached hydrogen (secondary N) is 3. The third-order valence-electron chi connectivity index (χ3n) is 4.69. The molecule has 1 saturated heterocycles. The van der Waals surface area contributed by atoms with Gasteiger partial charge in [-0.2, -0.15) is 0 Å². The first kappa shape index (κ1) is 13.7. The summed E-state index contributed by atoms with van der Waals surface area (Å²) in [7, 11) is 0. The zero-order chi connectivity index (χ0) is 13.9. The van der Waals surface area contributed by atoms with Crippen molar-refractivity contribution in [2.75, 3.05) is 30.3 Å². The highest BCUT2D eigenvalue weighted by molar-refractivity contribution is 5.70. The summed E-state index contributed by atoms with van der Waals surface area (Å²) < 4.78 is 0. The Bertz CT molecular complexity index is 470. The number of hydrogen-bond donors (Lipinski definition) is 3. The number of unbranched alkanes of at least 4 members (excludes halogenated alkanes) is 2. The fraction of sp³-hybridized carbons (Fsp3) is 0.647. The molecule has 2 atom stereocenters. The summed E-state index contributed by atoms with van der Waals surface area (Å²) >= 11 is 0. The van der Waals surface area contributed by atoms with Crippen LogP contribution in [0.15, 0.2) is 12.1 Å². The summed E-state index contributed by atoms with van der Waals surface area (Å²) in [5.41, 5.74) is 5.59. The molecule has 3 rings (SSSR count). The van der Waals surface area contributed by atoms with E-state index in [4.69, 9.17) is 0 Å². The summed E-state index contributed by atoms with van der Waals surface area (Å²) in [6.45, 7) is 7.83. The molecule has 2 heterocycles. The van der Waals surface area contributed by atoms with E-state index in [1.807, 2.05) is 0 Å². The summed E-state index contributed by atoms with van der Waals surface area (Å²) in [6, 6.07) is 5.31. The maximum Gasteiger partial charge on any atom is 0.0410 e. The second-order valence-corrected chi connectivity index (χ2v) is 6.24. The maximum absolute atomic E-state index is 3.74. The van der Waals surface area contributed by atoms with Gasteiger partial charge in [0, 0.05) is 36.4 Å². The molecule has 3 N–H and O–H groups in total. The summed E-state index contributed by atoms with van der Waals surface area (Å²) in [6.07, 6.45) is 5.09. The van der Waals surface area contributed by atoms with Gasteiger partial charge in [-0.05, 0) is 49.6 Å². The van der Waals surface area contributed by atoms with E-state index in [1.165, 1.54) is 48.2 Å². The molecule has 2 aliphatic heterocycles. The number of piperidine rings is 1. The van der Waals surface area contributed by atoms with E-state index in [0.717, 1.165) is 19.6 Å². The largest absolute Gasteiger partial charge is 0.385 e. The molecule has 110 valence electrons. The number of aryl methyl sites for hydroxylation is 1. The topological polar surface area (TPSA) is 36.1 Å². The smallest absolute Gasteiger partial charge is 0.0410 e. The van der Waals surface area contributed by atoms with E-state index in [0.29, 0.717) is 12.0 Å². The number of benzene rings is 1. The van der Waals surface area contributed by atoms with E-state index < -0.39 is 0 Å². The van der Waals surface area contributed by atoms with Crippen molar-refractivity contribution in [2.24, 2.45) is 0 Å². The monoisotopic (exact) mass is 273 g/mol. The maximum atomic E-state index is 3.74. The summed E-state index contributed by atoms with van der Waals surface area (Å²) in [5.74, 6) is 0.648. The molecule has 0 aromatic heterocycles. The highest BCUT2D eigenvalue weighted by atomic mass is 15.0. The first-order valence-corrected chi connectivity index (χ1v) is 8.15. The van der Waals surface area contributed by atoms with Gasteiger partial charge in [-0.3, -0.25) is 0 Å². The van der Waals surface area contributed by atoms with E-state index in [-0.39, 0.29) is 0 Å². The van der Waals surface area contributed by atoms with Gasteiger partial charge in [0.1, 0.15) is 0 Å². The van der Waals surface area contributed by atoms with Crippen LogP contribution in [0.2, 0.25) is 0 Å². The third-order valence-corrected chi connectivity index (χ3v) is 4.69. The molecule has 0 bridgehead atoms. The molecule has 20 heavy (non-hydrogen) atoms. The lowest BCUT2D eigenvalue weighted by Gasteiger charge is -2.26. The molecule has 1 aromatic carbocycles. The van der Waals surface area contributed by atoms with Crippen LogP contribution < -0.4 is 16.0 Å². The lowest BCUT2D eigenvalue weighted by molar-refractivity contribution is 0.440. The van der Waals surface area contributed by atoms with Crippen LogP contribution in [0.4, 0.5) is 11.4 Å². The van der Waals surface area contributed by atoms with Gasteiger partial charge < -0.3 is 16.0 Å². The summed E-state index contributed by atoms with van der Waals surface area (Å²) in [4.78, 5) is 0. The number of rotatable bonds is 5. The van der Waals surface area contributed by atoms with Crippen molar-refractivity contribution in [3.63, 3.8) is 0 Å². The zero-order valence-electron chi connectivity index (χ0n) is 12.8. The SMILES string of the molecule is CCCCCNc1cc(C)c2c(c1)[C@@H]1CNCC[C@@H]1N2. The Hall–Kier alpha value is -1.22. The minimum atomic E-state index is 0.639. The molecule has 1 aromatic rings. The molecule has 0 amide bonds. The van der Waals surface area contributed by atoms with Crippen molar-refractivity contribution < 1.29 is 0 Å². The average Bonchev–Trinajstić information content (AvgIpc) is 2.83. The molecule has 3 nitrogen and oxygen atoms in total. The number of hydrogen-bond acceptors (Lipinski definition) is 3. The van der Waals surface area contributed by atoms with Crippen molar-refractivity contribution in [3.8, 4) is 0 Å². The van der Waals surface area contributed by atoms with E-state index >= 15 is 0 Å². The van der Waals surface area contributed by atoms with Gasteiger partial charge in [0.25, 0.3) is 0 Å². The second-order valence-electron chi connectivity index (χ2n) is 6.24. The van der Waals surface area contributed by atoms with Gasteiger partial charge in [-0.1, -0.05) is 19.8 Å². The van der Waals surface area contributed by atoms with Crippen LogP contribution in [0.25, 0.3) is 0 Å². The minimum Gasteiger partial charge on any atom is -0.385 e. The Labute approximate surface area is 122 Å². The normalized spacial score (nSPS) is 23.9. The van der Waals surface area contributed by atoms with Crippen molar-refractivity contribution in [1.29, 1.82) is 0 Å². The van der Waals surface area contributed by atoms with Crippen molar-refractivity contribution in [2.45, 2.75) is 51.5 Å². The van der Waals surface area contributed by atoms with E-state index in [2.05, 4.69) is 41.9 Å². The standard InChI is InChI=1S/C17H27N3/c1-3-4-5-7-19-13-9-12(2)17-14(10-13)15-11-18-8-6-16(15)20-17/h9-10,15-16,18-20H,3-8,11H2,1-2H3/t15-,16-/m0/s1. The molecular weight excluding hydrogens is 246 g/mol. The molecule has 0 aliphatic carbocycles. The van der Waals surface area contributed by atoms with Gasteiger partial charge >= 0.3 is 0 Å². The molecule has 0 spiro atoms. The second kappa shape index (κ2) is 6.04. The fourth-order valence-corrected chi connectivity index (χ4v) is 3.56. The number of anilines is 2. The summed E-state index contributed by atoms with van der Waals surface area (Å²) in [5, 5.41) is 10.9. The molecule has 0 unspecified atom stereocenters. The number of fused-ring (bicyclic) bond motifs is 3. The highest BCUT2D eigenvalue weighted by Crippen LogP contribution is 2.41. The average molecular weight is 273 g/mol. The van der Waals surface area contributed by atoms with Crippen LogP contribution in [0, 0.1) is 6.92 Å². The highest BCUT2D eigenvalue weighted by Gasteiger charge is 2.34. The van der Waals surface area contributed by atoms with E-state index in [9.17, 15) is 0 Å². The molecule has 1 fully saturated rings. The van der Waals surface area contributed by atoms with Gasteiger partial charge in [-0.25, -0.2) is 0 Å². The Balaban J connectivity index is 1.74. The Kier molecular flexibility index (Phi) is 4.16. The van der Waals surface area contributed by atoms with Crippen LogP contribution in [0.3, 0.4) is 0 Å². The minimum absolute atomic E-state index is 0.639. The van der Waals surface area contributed by atoms with Crippen molar-refractivity contribution in [1.82, 2.24) is 5.32 Å². The Morgan fingerprint density at radius 1 is 1.30 bits per heavy atom. The van der Waals surface area contributed by atoms with E-state index in [1.54, 1.807) is 0 Å². The van der Waals surface area contributed by atoms with Crippen LogP contribution >= 0.6 is 0 Å². The predicted molar refractivity (Wildman–Crippen MR) is 86.8 cm³/mol. The molecule has 2 aliphatic rings. The van der Waals surface area contributed by atoms with Crippen LogP contribution in [0.5, 0.6) is 0 Å². The van der Waals surface area contributed by atoms with Crippen LogP contribution in [0.1, 0.15) is 49.7 Å². The predicted octanol–water partition coefficient (Wildman–Crippen LogP) is 3.47. The Morgan fingerprint density at radius 3 is 3.05 bits per heavy atom. The van der Waals surface area contributed by atoms with Crippen LogP contribution in [-0.4, -0.2) is 25.7 Å². The van der Waals surface area contributed by atoms with Gasteiger partial charge in [0.05, 0.1) is 0 Å². The molecule has 0 radical (unpaired) electrons. The van der Waals surface area contributed by atoms with Crippen molar-refractivity contribution in [3.05, 3.63) is 23.3 Å². The third kappa shape index (κ3) is 2.64. The van der Waals surface area contributed by atoms with Gasteiger partial charge in [0.2, 0.25) is 0 Å². The van der Waals surface area contributed by atoms with Crippen molar-refractivity contribution >= 4 is 11.4 Å². The van der Waals surface area contributed by atoms with Gasteiger partial charge in [-0.15, -0.1) is 0 Å². The van der Waals surface area contributed by atoms with Crippen LogP contribution in [-0.2, 0) is 0 Å². The quantitative estimate of drug-likeness (QED) is 0.719. The molecular formula is C17H27N3. The zero-order valence-corrected chi connectivity index (χ0v) is 12.8. The lowest BCUT2D eigenvalue weighted by atomic mass is 9.89. The van der Waals surface area contributed by atoms with Gasteiger partial charge in [0.15, 0.2) is 0 Å². The molecule has 0 saturated carbocycles. The molecule has 3 heteroatoms. The first-order valence-electron chi connectivity index (χ1n) is 8.15. The Morgan fingerprint density at radius 2 is 2.20 bits per heavy atom. The first-order chi connectivity index (χ1) is 9.79. The fourth-order valence-electron chi connectivity index (χ4n) is 3.56. The lowest BCUT2D eigenvalue weighted by Crippen LogP contribution is -2.38.